The highest BCUT2D eigenvalue weighted by molar-refractivity contribution is 5.72. The fourth-order valence-electron chi connectivity index (χ4n) is 3.98. The minimum atomic E-state index is -0.582. The Kier molecular flexibility index (Phi) is 7.49. The van der Waals surface area contributed by atoms with Crippen LogP contribution in [0.25, 0.3) is 22.6 Å². The Bertz CT molecular complexity index is 1060. The standard InChI is InChI=1S/C25H31N5O3/c1-17-23(18-7-10-27-11-8-18)28-24(29-25(17)30(3)20-9-12-32-15-20)19-5-4-6-22(13-19)33-16-21(31)14-26-2/h4-8,10-11,13,20-21,26,31H,9,12,14-16H2,1-3H3/t20-,21?/m1/s1. The van der Waals surface area contributed by atoms with Crippen molar-refractivity contribution < 1.29 is 14.6 Å². The van der Waals surface area contributed by atoms with E-state index in [4.69, 9.17) is 19.4 Å². The summed E-state index contributed by atoms with van der Waals surface area (Å²) in [4.78, 5) is 16.3. The summed E-state index contributed by atoms with van der Waals surface area (Å²) in [5.41, 5.74) is 3.73. The van der Waals surface area contributed by atoms with E-state index in [0.29, 0.717) is 24.7 Å². The zero-order valence-corrected chi connectivity index (χ0v) is 19.4. The van der Waals surface area contributed by atoms with Crippen LogP contribution in [0.15, 0.2) is 48.8 Å². The average molecular weight is 450 g/mol. The highest BCUT2D eigenvalue weighted by atomic mass is 16.5. The summed E-state index contributed by atoms with van der Waals surface area (Å²) in [7, 11) is 3.86. The molecule has 1 fully saturated rings. The molecule has 1 aromatic carbocycles. The maximum Gasteiger partial charge on any atom is 0.162 e. The zero-order valence-electron chi connectivity index (χ0n) is 19.4. The fourth-order valence-corrected chi connectivity index (χ4v) is 3.98. The quantitative estimate of drug-likeness (QED) is 0.515. The Hall–Kier alpha value is -3.07. The topological polar surface area (TPSA) is 92.6 Å². The molecule has 0 radical (unpaired) electrons. The number of rotatable bonds is 9. The maximum absolute atomic E-state index is 9.96. The van der Waals surface area contributed by atoms with Crippen molar-refractivity contribution in [2.24, 2.45) is 0 Å². The van der Waals surface area contributed by atoms with Crippen LogP contribution in [-0.4, -0.2) is 72.7 Å². The molecule has 8 nitrogen and oxygen atoms in total. The van der Waals surface area contributed by atoms with E-state index in [1.165, 1.54) is 0 Å². The first-order chi connectivity index (χ1) is 16.1. The minimum absolute atomic E-state index is 0.205. The van der Waals surface area contributed by atoms with Crippen LogP contribution < -0.4 is 15.0 Å². The number of nitrogens with zero attached hydrogens (tertiary/aromatic N) is 4. The van der Waals surface area contributed by atoms with Crippen LogP contribution in [0.2, 0.25) is 0 Å². The highest BCUT2D eigenvalue weighted by Gasteiger charge is 2.25. The summed E-state index contributed by atoms with van der Waals surface area (Å²) < 4.78 is 11.4. The lowest BCUT2D eigenvalue weighted by molar-refractivity contribution is 0.108. The number of aromatic nitrogens is 3. The van der Waals surface area contributed by atoms with Gasteiger partial charge in [0.25, 0.3) is 0 Å². The Labute approximate surface area is 194 Å². The molecule has 174 valence electrons. The third-order valence-electron chi connectivity index (χ3n) is 5.84. The van der Waals surface area contributed by atoms with Gasteiger partial charge in [0.1, 0.15) is 24.3 Å². The summed E-state index contributed by atoms with van der Waals surface area (Å²) in [5.74, 6) is 2.17. The predicted molar refractivity (Wildman–Crippen MR) is 128 cm³/mol. The third-order valence-corrected chi connectivity index (χ3v) is 5.84. The monoisotopic (exact) mass is 449 g/mol. The van der Waals surface area contributed by atoms with Crippen molar-refractivity contribution in [3.05, 3.63) is 54.4 Å². The van der Waals surface area contributed by atoms with Crippen LogP contribution in [0.1, 0.15) is 12.0 Å². The second-order valence-electron chi connectivity index (χ2n) is 8.26. The Morgan fingerprint density at radius 3 is 2.76 bits per heavy atom. The van der Waals surface area contributed by atoms with Gasteiger partial charge in [0.15, 0.2) is 5.82 Å². The van der Waals surface area contributed by atoms with Crippen molar-refractivity contribution in [2.75, 3.05) is 45.4 Å². The van der Waals surface area contributed by atoms with Gasteiger partial charge in [0, 0.05) is 49.3 Å². The number of aliphatic hydroxyl groups excluding tert-OH is 1. The molecular weight excluding hydrogens is 418 g/mol. The largest absolute Gasteiger partial charge is 0.491 e. The second kappa shape index (κ2) is 10.7. The van der Waals surface area contributed by atoms with E-state index in [-0.39, 0.29) is 12.6 Å². The van der Waals surface area contributed by atoms with Gasteiger partial charge in [-0.05, 0) is 44.7 Å². The highest BCUT2D eigenvalue weighted by Crippen LogP contribution is 2.32. The van der Waals surface area contributed by atoms with Gasteiger partial charge >= 0.3 is 0 Å². The van der Waals surface area contributed by atoms with Crippen LogP contribution in [0, 0.1) is 6.92 Å². The maximum atomic E-state index is 9.96. The van der Waals surface area contributed by atoms with Gasteiger partial charge in [-0.2, -0.15) is 0 Å². The average Bonchev–Trinajstić information content (AvgIpc) is 3.39. The first-order valence-corrected chi connectivity index (χ1v) is 11.2. The lowest BCUT2D eigenvalue weighted by atomic mass is 10.1. The minimum Gasteiger partial charge on any atom is -0.491 e. The number of nitrogens with one attached hydrogen (secondary N) is 1. The number of hydrogen-bond donors (Lipinski definition) is 2. The molecule has 1 unspecified atom stereocenters. The fraction of sp³-hybridized carbons (Fsp3) is 0.400. The first kappa shape index (κ1) is 23.1. The van der Waals surface area contributed by atoms with Gasteiger partial charge in [-0.1, -0.05) is 12.1 Å². The van der Waals surface area contributed by atoms with Crippen LogP contribution >= 0.6 is 0 Å². The molecule has 3 aromatic rings. The lowest BCUT2D eigenvalue weighted by Gasteiger charge is -2.27. The van der Waals surface area contributed by atoms with Crippen LogP contribution in [0.5, 0.6) is 5.75 Å². The van der Waals surface area contributed by atoms with Gasteiger partial charge in [-0.25, -0.2) is 9.97 Å². The molecule has 0 saturated carbocycles. The van der Waals surface area contributed by atoms with E-state index in [1.54, 1.807) is 19.4 Å². The van der Waals surface area contributed by atoms with E-state index in [2.05, 4.69) is 29.2 Å². The molecule has 3 heterocycles. The third kappa shape index (κ3) is 5.47. The molecular formula is C25H31N5O3. The van der Waals surface area contributed by atoms with Crippen molar-refractivity contribution >= 4 is 5.82 Å². The van der Waals surface area contributed by atoms with Crippen LogP contribution in [-0.2, 0) is 4.74 Å². The van der Waals surface area contributed by atoms with Crippen LogP contribution in [0.3, 0.4) is 0 Å². The van der Waals surface area contributed by atoms with Crippen molar-refractivity contribution in [3.63, 3.8) is 0 Å². The summed E-state index contributed by atoms with van der Waals surface area (Å²) in [6.45, 7) is 4.19. The van der Waals surface area contributed by atoms with Gasteiger partial charge in [-0.15, -0.1) is 0 Å². The molecule has 2 atom stereocenters. The molecule has 4 rings (SSSR count). The Balaban J connectivity index is 1.72. The van der Waals surface area contributed by atoms with Gasteiger partial charge in [0.2, 0.25) is 0 Å². The van der Waals surface area contributed by atoms with E-state index < -0.39 is 6.10 Å². The second-order valence-corrected chi connectivity index (χ2v) is 8.26. The van der Waals surface area contributed by atoms with Crippen molar-refractivity contribution in [1.29, 1.82) is 0 Å². The molecule has 0 spiro atoms. The molecule has 1 aliphatic heterocycles. The van der Waals surface area contributed by atoms with Crippen molar-refractivity contribution in [1.82, 2.24) is 20.3 Å². The molecule has 0 bridgehead atoms. The molecule has 1 saturated heterocycles. The van der Waals surface area contributed by atoms with E-state index in [9.17, 15) is 5.11 Å². The smallest absolute Gasteiger partial charge is 0.162 e. The SMILES string of the molecule is CNCC(O)COc1cccc(-c2nc(-c3ccncc3)c(C)c(N(C)[C@@H]3CCOC3)n2)c1. The normalized spacial score (nSPS) is 16.5. The number of benzene rings is 1. The number of hydrogen-bond acceptors (Lipinski definition) is 8. The molecule has 2 N–H and O–H groups in total. The van der Waals surface area contributed by atoms with Gasteiger partial charge in [0.05, 0.1) is 18.3 Å². The molecule has 33 heavy (non-hydrogen) atoms. The first-order valence-electron chi connectivity index (χ1n) is 11.2. The number of pyridine rings is 1. The molecule has 0 amide bonds. The molecule has 0 aliphatic carbocycles. The molecule has 2 aromatic heterocycles. The number of ether oxygens (including phenoxy) is 2. The summed E-state index contributed by atoms with van der Waals surface area (Å²) in [6.07, 6.45) is 3.94. The number of aliphatic hydroxyl groups is 1. The van der Waals surface area contributed by atoms with Gasteiger partial charge < -0.3 is 24.8 Å². The lowest BCUT2D eigenvalue weighted by Crippen LogP contribution is -2.33. The zero-order chi connectivity index (χ0) is 23.2. The van der Waals surface area contributed by atoms with E-state index in [1.807, 2.05) is 36.4 Å². The number of likely N-dealkylation sites (N-methyl/N-ethyl adjacent to an activating group) is 2. The molecule has 8 heteroatoms. The predicted octanol–water partition coefficient (Wildman–Crippen LogP) is 2.70. The summed E-state index contributed by atoms with van der Waals surface area (Å²) in [6, 6.07) is 11.9. The van der Waals surface area contributed by atoms with E-state index >= 15 is 0 Å². The Morgan fingerprint density at radius 2 is 2.03 bits per heavy atom. The summed E-state index contributed by atoms with van der Waals surface area (Å²) >= 11 is 0. The Morgan fingerprint density at radius 1 is 1.21 bits per heavy atom. The number of anilines is 1. The summed E-state index contributed by atoms with van der Waals surface area (Å²) in [5, 5.41) is 12.9. The van der Waals surface area contributed by atoms with Crippen LogP contribution in [0.4, 0.5) is 5.82 Å². The van der Waals surface area contributed by atoms with E-state index in [0.717, 1.165) is 41.2 Å². The van der Waals surface area contributed by atoms with Crippen molar-refractivity contribution in [2.45, 2.75) is 25.5 Å². The van der Waals surface area contributed by atoms with Gasteiger partial charge in [-0.3, -0.25) is 4.98 Å². The molecule has 1 aliphatic rings. The van der Waals surface area contributed by atoms with Crippen molar-refractivity contribution in [3.8, 4) is 28.4 Å².